The van der Waals surface area contributed by atoms with Crippen LogP contribution in [0.3, 0.4) is 0 Å². The summed E-state index contributed by atoms with van der Waals surface area (Å²) in [5.41, 5.74) is 3.49. The Kier molecular flexibility index (Phi) is 5.22. The Morgan fingerprint density at radius 2 is 1.79 bits per heavy atom. The molecule has 2 unspecified atom stereocenters. The third kappa shape index (κ3) is 4.16. The van der Waals surface area contributed by atoms with Crippen LogP contribution in [0.5, 0.6) is 0 Å². The molecule has 4 heteroatoms. The van der Waals surface area contributed by atoms with Crippen molar-refractivity contribution in [2.45, 2.75) is 25.4 Å². The van der Waals surface area contributed by atoms with E-state index in [1.807, 2.05) is 24.3 Å². The molecule has 0 heterocycles. The molecule has 1 amide bonds. The number of nitrogens with zero attached hydrogens (tertiary/aromatic N) is 1. The van der Waals surface area contributed by atoms with Gasteiger partial charge >= 0.3 is 0 Å². The molecular formula is C20H23ClN2O. The van der Waals surface area contributed by atoms with Gasteiger partial charge in [-0.15, -0.1) is 0 Å². The van der Waals surface area contributed by atoms with Crippen LogP contribution in [0.25, 0.3) is 0 Å². The van der Waals surface area contributed by atoms with Gasteiger partial charge in [0.25, 0.3) is 0 Å². The summed E-state index contributed by atoms with van der Waals surface area (Å²) in [5, 5.41) is 3.81. The first-order chi connectivity index (χ1) is 11.5. The lowest BCUT2D eigenvalue weighted by Gasteiger charge is -2.10. The molecule has 0 saturated heterocycles. The molecular weight excluding hydrogens is 320 g/mol. The van der Waals surface area contributed by atoms with Crippen molar-refractivity contribution in [1.29, 1.82) is 0 Å². The summed E-state index contributed by atoms with van der Waals surface area (Å²) in [5.74, 6) is 0.441. The SMILES string of the molecule is CN(C)Cc1ccc(CNC(=O)C2CC2c2ccccc2Cl)cc1. The van der Waals surface area contributed by atoms with E-state index in [-0.39, 0.29) is 17.7 Å². The predicted molar refractivity (Wildman–Crippen MR) is 98.0 cm³/mol. The van der Waals surface area contributed by atoms with Crippen LogP contribution < -0.4 is 5.32 Å². The first kappa shape index (κ1) is 17.0. The average molecular weight is 343 g/mol. The number of halogens is 1. The maximum atomic E-state index is 12.3. The largest absolute Gasteiger partial charge is 0.352 e. The number of hydrogen-bond acceptors (Lipinski definition) is 2. The van der Waals surface area contributed by atoms with E-state index >= 15 is 0 Å². The summed E-state index contributed by atoms with van der Waals surface area (Å²) >= 11 is 6.22. The van der Waals surface area contributed by atoms with Crippen molar-refractivity contribution in [3.63, 3.8) is 0 Å². The number of rotatable bonds is 6. The van der Waals surface area contributed by atoms with E-state index in [9.17, 15) is 4.79 Å². The van der Waals surface area contributed by atoms with E-state index in [1.165, 1.54) is 5.56 Å². The van der Waals surface area contributed by atoms with Gasteiger partial charge in [0, 0.05) is 24.0 Å². The molecule has 2 atom stereocenters. The Morgan fingerprint density at radius 3 is 2.46 bits per heavy atom. The second-order valence-corrected chi connectivity index (χ2v) is 7.15. The van der Waals surface area contributed by atoms with Gasteiger partial charge < -0.3 is 10.2 Å². The first-order valence-corrected chi connectivity index (χ1v) is 8.67. The van der Waals surface area contributed by atoms with Gasteiger partial charge in [-0.05, 0) is 49.2 Å². The molecule has 0 radical (unpaired) electrons. The van der Waals surface area contributed by atoms with E-state index in [2.05, 4.69) is 48.6 Å². The highest BCUT2D eigenvalue weighted by molar-refractivity contribution is 6.31. The summed E-state index contributed by atoms with van der Waals surface area (Å²) in [6, 6.07) is 16.2. The van der Waals surface area contributed by atoms with E-state index in [1.54, 1.807) is 0 Å². The topological polar surface area (TPSA) is 32.3 Å². The highest BCUT2D eigenvalue weighted by atomic mass is 35.5. The number of amides is 1. The molecule has 126 valence electrons. The zero-order valence-electron chi connectivity index (χ0n) is 14.1. The zero-order chi connectivity index (χ0) is 17.1. The average Bonchev–Trinajstić information content (AvgIpc) is 3.34. The fourth-order valence-corrected chi connectivity index (χ4v) is 3.33. The second kappa shape index (κ2) is 7.37. The summed E-state index contributed by atoms with van der Waals surface area (Å²) in [4.78, 5) is 14.5. The van der Waals surface area contributed by atoms with E-state index in [0.717, 1.165) is 29.1 Å². The molecule has 1 aliphatic carbocycles. The van der Waals surface area contributed by atoms with Gasteiger partial charge in [0.05, 0.1) is 0 Å². The van der Waals surface area contributed by atoms with Gasteiger partial charge in [-0.1, -0.05) is 54.1 Å². The zero-order valence-corrected chi connectivity index (χ0v) is 14.9. The van der Waals surface area contributed by atoms with Gasteiger partial charge in [-0.3, -0.25) is 4.79 Å². The van der Waals surface area contributed by atoms with E-state index < -0.39 is 0 Å². The highest BCUT2D eigenvalue weighted by Crippen LogP contribution is 2.49. The van der Waals surface area contributed by atoms with Gasteiger partial charge in [0.2, 0.25) is 5.91 Å². The third-order valence-corrected chi connectivity index (χ3v) is 4.76. The molecule has 0 aliphatic heterocycles. The minimum Gasteiger partial charge on any atom is -0.352 e. The van der Waals surface area contributed by atoms with Crippen LogP contribution in [-0.4, -0.2) is 24.9 Å². The standard InChI is InChI=1S/C20H23ClN2O/c1-23(2)13-15-9-7-14(8-10-15)12-22-20(24)18-11-17(18)16-5-3-4-6-19(16)21/h3-10,17-18H,11-13H2,1-2H3,(H,22,24). The molecule has 0 bridgehead atoms. The Morgan fingerprint density at radius 1 is 1.12 bits per heavy atom. The number of carbonyl (C=O) groups excluding carboxylic acids is 1. The lowest BCUT2D eigenvalue weighted by molar-refractivity contribution is -0.122. The summed E-state index contributed by atoms with van der Waals surface area (Å²) in [6.45, 7) is 1.50. The van der Waals surface area contributed by atoms with Crippen molar-refractivity contribution >= 4 is 17.5 Å². The Hall–Kier alpha value is -1.84. The van der Waals surface area contributed by atoms with Crippen molar-refractivity contribution in [2.24, 2.45) is 5.92 Å². The van der Waals surface area contributed by atoms with E-state index in [4.69, 9.17) is 11.6 Å². The Labute approximate surface area is 148 Å². The minimum atomic E-state index is 0.0536. The maximum absolute atomic E-state index is 12.3. The Bertz CT molecular complexity index is 712. The van der Waals surface area contributed by atoms with Crippen molar-refractivity contribution in [2.75, 3.05) is 14.1 Å². The molecule has 0 aromatic heterocycles. The van der Waals surface area contributed by atoms with Crippen LogP contribution >= 0.6 is 11.6 Å². The molecule has 3 nitrogen and oxygen atoms in total. The number of hydrogen-bond donors (Lipinski definition) is 1. The molecule has 1 fully saturated rings. The van der Waals surface area contributed by atoms with Crippen LogP contribution in [0.4, 0.5) is 0 Å². The number of benzene rings is 2. The highest BCUT2D eigenvalue weighted by Gasteiger charge is 2.44. The molecule has 24 heavy (non-hydrogen) atoms. The third-order valence-electron chi connectivity index (χ3n) is 4.42. The summed E-state index contributed by atoms with van der Waals surface area (Å²) in [7, 11) is 4.11. The first-order valence-electron chi connectivity index (χ1n) is 8.29. The van der Waals surface area contributed by atoms with E-state index in [0.29, 0.717) is 6.54 Å². The van der Waals surface area contributed by atoms with Crippen LogP contribution in [0.2, 0.25) is 5.02 Å². The summed E-state index contributed by atoms with van der Waals surface area (Å²) in [6.07, 6.45) is 0.886. The van der Waals surface area contributed by atoms with Crippen LogP contribution in [0.1, 0.15) is 29.0 Å². The van der Waals surface area contributed by atoms with Crippen molar-refractivity contribution in [3.05, 3.63) is 70.2 Å². The van der Waals surface area contributed by atoms with Gasteiger partial charge in [0.15, 0.2) is 0 Å². The number of carbonyl (C=O) groups is 1. The molecule has 1 saturated carbocycles. The smallest absolute Gasteiger partial charge is 0.224 e. The van der Waals surface area contributed by atoms with Gasteiger partial charge in [-0.25, -0.2) is 0 Å². The fraction of sp³-hybridized carbons (Fsp3) is 0.350. The van der Waals surface area contributed by atoms with Gasteiger partial charge in [0.1, 0.15) is 0 Å². The predicted octanol–water partition coefficient (Wildman–Crippen LogP) is 3.82. The van der Waals surface area contributed by atoms with Crippen molar-refractivity contribution in [1.82, 2.24) is 10.2 Å². The quantitative estimate of drug-likeness (QED) is 0.865. The molecule has 2 aromatic rings. The summed E-state index contributed by atoms with van der Waals surface area (Å²) < 4.78 is 0. The molecule has 3 rings (SSSR count). The van der Waals surface area contributed by atoms with Crippen molar-refractivity contribution in [3.8, 4) is 0 Å². The maximum Gasteiger partial charge on any atom is 0.224 e. The second-order valence-electron chi connectivity index (χ2n) is 6.74. The van der Waals surface area contributed by atoms with Crippen LogP contribution in [-0.2, 0) is 17.9 Å². The Balaban J connectivity index is 1.51. The van der Waals surface area contributed by atoms with Crippen LogP contribution in [0, 0.1) is 5.92 Å². The normalized spacial score (nSPS) is 19.3. The van der Waals surface area contributed by atoms with Crippen molar-refractivity contribution < 1.29 is 4.79 Å². The molecule has 1 N–H and O–H groups in total. The fourth-order valence-electron chi connectivity index (χ4n) is 3.05. The van der Waals surface area contributed by atoms with Crippen LogP contribution in [0.15, 0.2) is 48.5 Å². The molecule has 1 aliphatic rings. The molecule has 0 spiro atoms. The number of nitrogens with one attached hydrogen (secondary N) is 1. The molecule has 2 aromatic carbocycles. The lowest BCUT2D eigenvalue weighted by atomic mass is 10.1. The minimum absolute atomic E-state index is 0.0536. The lowest BCUT2D eigenvalue weighted by Crippen LogP contribution is -2.24. The monoisotopic (exact) mass is 342 g/mol. The van der Waals surface area contributed by atoms with Gasteiger partial charge in [-0.2, -0.15) is 0 Å².